The SMILES string of the molecule is Cc1n[nH]c(C)c1S(=O)(=O)N1CCN(c2ncccn2)CC1. The zero-order valence-corrected chi connectivity index (χ0v) is 13.3. The predicted octanol–water partition coefficient (Wildman–Crippen LogP) is 0.327. The number of aryl methyl sites for hydroxylation is 2. The first-order valence-corrected chi connectivity index (χ1v) is 8.48. The molecule has 3 rings (SSSR count). The highest BCUT2D eigenvalue weighted by molar-refractivity contribution is 7.89. The molecule has 1 saturated heterocycles. The summed E-state index contributed by atoms with van der Waals surface area (Å²) in [4.78, 5) is 10.7. The number of piperazine rings is 1. The van der Waals surface area contributed by atoms with Crippen molar-refractivity contribution in [3.63, 3.8) is 0 Å². The van der Waals surface area contributed by atoms with E-state index in [1.54, 1.807) is 32.3 Å². The van der Waals surface area contributed by atoms with Crippen molar-refractivity contribution in [2.75, 3.05) is 31.1 Å². The third kappa shape index (κ3) is 2.57. The molecule has 0 saturated carbocycles. The van der Waals surface area contributed by atoms with Gasteiger partial charge in [-0.15, -0.1) is 0 Å². The van der Waals surface area contributed by atoms with Gasteiger partial charge in [0.1, 0.15) is 4.90 Å². The summed E-state index contributed by atoms with van der Waals surface area (Å²) in [5.74, 6) is 0.634. The number of hydrogen-bond acceptors (Lipinski definition) is 6. The quantitative estimate of drug-likeness (QED) is 0.875. The lowest BCUT2D eigenvalue weighted by Gasteiger charge is -2.33. The lowest BCUT2D eigenvalue weighted by Crippen LogP contribution is -2.49. The van der Waals surface area contributed by atoms with Crippen molar-refractivity contribution in [1.29, 1.82) is 0 Å². The van der Waals surface area contributed by atoms with E-state index in [-0.39, 0.29) is 4.90 Å². The van der Waals surface area contributed by atoms with Gasteiger partial charge in [0, 0.05) is 38.6 Å². The number of nitrogens with zero attached hydrogens (tertiary/aromatic N) is 5. The van der Waals surface area contributed by atoms with Crippen LogP contribution in [0.5, 0.6) is 0 Å². The van der Waals surface area contributed by atoms with E-state index in [4.69, 9.17) is 0 Å². The molecule has 0 unspecified atom stereocenters. The molecule has 0 bridgehead atoms. The first-order chi connectivity index (χ1) is 10.5. The average Bonchev–Trinajstić information content (AvgIpc) is 2.88. The van der Waals surface area contributed by atoms with Crippen LogP contribution in [0.4, 0.5) is 5.95 Å². The molecule has 0 radical (unpaired) electrons. The van der Waals surface area contributed by atoms with Gasteiger partial charge in [-0.2, -0.15) is 9.40 Å². The molecular formula is C13H18N6O2S. The largest absolute Gasteiger partial charge is 0.338 e. The van der Waals surface area contributed by atoms with Gasteiger partial charge < -0.3 is 4.90 Å². The molecule has 1 N–H and O–H groups in total. The topological polar surface area (TPSA) is 95.1 Å². The zero-order valence-electron chi connectivity index (χ0n) is 12.5. The molecule has 3 heterocycles. The van der Waals surface area contributed by atoms with Crippen LogP contribution in [-0.4, -0.2) is 59.1 Å². The summed E-state index contributed by atoms with van der Waals surface area (Å²) in [6, 6.07) is 1.76. The molecule has 118 valence electrons. The van der Waals surface area contributed by atoms with Crippen LogP contribution in [0.15, 0.2) is 23.4 Å². The second-order valence-electron chi connectivity index (χ2n) is 5.20. The Morgan fingerprint density at radius 1 is 1.09 bits per heavy atom. The second kappa shape index (κ2) is 5.65. The molecule has 2 aromatic rings. The van der Waals surface area contributed by atoms with Crippen molar-refractivity contribution in [2.45, 2.75) is 18.7 Å². The molecule has 9 heteroatoms. The fraction of sp³-hybridized carbons (Fsp3) is 0.462. The molecule has 1 aliphatic rings. The molecule has 0 aromatic carbocycles. The molecule has 0 aliphatic carbocycles. The van der Waals surface area contributed by atoms with Gasteiger partial charge in [0.25, 0.3) is 0 Å². The number of nitrogens with one attached hydrogen (secondary N) is 1. The van der Waals surface area contributed by atoms with E-state index in [9.17, 15) is 8.42 Å². The van der Waals surface area contributed by atoms with Crippen molar-refractivity contribution in [3.8, 4) is 0 Å². The van der Waals surface area contributed by atoms with Crippen molar-refractivity contribution in [1.82, 2.24) is 24.5 Å². The van der Waals surface area contributed by atoms with E-state index in [0.29, 0.717) is 43.5 Å². The maximum Gasteiger partial charge on any atom is 0.246 e. The Labute approximate surface area is 129 Å². The van der Waals surface area contributed by atoms with Gasteiger partial charge in [-0.1, -0.05) is 0 Å². The van der Waals surface area contributed by atoms with Gasteiger partial charge in [-0.25, -0.2) is 18.4 Å². The number of anilines is 1. The first-order valence-electron chi connectivity index (χ1n) is 7.04. The fourth-order valence-corrected chi connectivity index (χ4v) is 4.39. The lowest BCUT2D eigenvalue weighted by atomic mass is 10.4. The van der Waals surface area contributed by atoms with Gasteiger partial charge in [0.2, 0.25) is 16.0 Å². The van der Waals surface area contributed by atoms with Crippen LogP contribution in [0.25, 0.3) is 0 Å². The minimum Gasteiger partial charge on any atom is -0.338 e. The Morgan fingerprint density at radius 2 is 1.73 bits per heavy atom. The maximum absolute atomic E-state index is 12.7. The summed E-state index contributed by atoms with van der Waals surface area (Å²) < 4.78 is 27.0. The van der Waals surface area contributed by atoms with Crippen LogP contribution < -0.4 is 4.90 Å². The highest BCUT2D eigenvalue weighted by atomic mass is 32.2. The van der Waals surface area contributed by atoms with Crippen LogP contribution in [0, 0.1) is 13.8 Å². The number of H-pyrrole nitrogens is 1. The predicted molar refractivity (Wildman–Crippen MR) is 81.1 cm³/mol. The van der Waals surface area contributed by atoms with Gasteiger partial charge >= 0.3 is 0 Å². The van der Waals surface area contributed by atoms with E-state index in [0.717, 1.165) is 0 Å². The van der Waals surface area contributed by atoms with E-state index in [1.807, 2.05) is 4.90 Å². The Kier molecular flexibility index (Phi) is 3.83. The highest BCUT2D eigenvalue weighted by Gasteiger charge is 2.32. The summed E-state index contributed by atoms with van der Waals surface area (Å²) in [6.45, 7) is 5.37. The van der Waals surface area contributed by atoms with Crippen molar-refractivity contribution >= 4 is 16.0 Å². The van der Waals surface area contributed by atoms with Crippen LogP contribution >= 0.6 is 0 Å². The lowest BCUT2D eigenvalue weighted by molar-refractivity contribution is 0.382. The Balaban J connectivity index is 1.76. The molecule has 8 nitrogen and oxygen atoms in total. The fourth-order valence-electron chi connectivity index (χ4n) is 2.63. The van der Waals surface area contributed by atoms with Gasteiger partial charge in [-0.3, -0.25) is 5.10 Å². The van der Waals surface area contributed by atoms with Gasteiger partial charge in [0.15, 0.2) is 0 Å². The molecule has 1 fully saturated rings. The Morgan fingerprint density at radius 3 is 2.27 bits per heavy atom. The Hall–Kier alpha value is -2.00. The number of hydrogen-bond donors (Lipinski definition) is 1. The van der Waals surface area contributed by atoms with Gasteiger partial charge in [0.05, 0.1) is 11.4 Å². The van der Waals surface area contributed by atoms with Crippen molar-refractivity contribution < 1.29 is 8.42 Å². The number of rotatable bonds is 3. The van der Waals surface area contributed by atoms with Crippen LogP contribution in [0.2, 0.25) is 0 Å². The zero-order chi connectivity index (χ0) is 15.7. The monoisotopic (exact) mass is 322 g/mol. The second-order valence-corrected chi connectivity index (χ2v) is 7.08. The molecule has 22 heavy (non-hydrogen) atoms. The molecule has 2 aromatic heterocycles. The van der Waals surface area contributed by atoms with Crippen LogP contribution in [-0.2, 0) is 10.0 Å². The molecule has 0 spiro atoms. The molecule has 0 atom stereocenters. The van der Waals surface area contributed by atoms with E-state index < -0.39 is 10.0 Å². The Bertz CT molecular complexity index is 731. The number of sulfonamides is 1. The normalized spacial score (nSPS) is 16.9. The average molecular weight is 322 g/mol. The first kappa shape index (κ1) is 14.9. The summed E-state index contributed by atoms with van der Waals surface area (Å²) in [7, 11) is -3.51. The minimum absolute atomic E-state index is 0.289. The molecular weight excluding hydrogens is 304 g/mol. The van der Waals surface area contributed by atoms with E-state index in [2.05, 4.69) is 20.2 Å². The summed E-state index contributed by atoms with van der Waals surface area (Å²) in [6.07, 6.45) is 3.37. The van der Waals surface area contributed by atoms with E-state index in [1.165, 1.54) is 4.31 Å². The maximum atomic E-state index is 12.7. The number of aromatic amines is 1. The number of aromatic nitrogens is 4. The summed E-state index contributed by atoms with van der Waals surface area (Å²) in [5.41, 5.74) is 1.08. The molecule has 1 aliphatic heterocycles. The highest BCUT2D eigenvalue weighted by Crippen LogP contribution is 2.23. The minimum atomic E-state index is -3.51. The third-order valence-corrected chi connectivity index (χ3v) is 5.89. The van der Waals surface area contributed by atoms with Crippen LogP contribution in [0.3, 0.4) is 0 Å². The van der Waals surface area contributed by atoms with Crippen LogP contribution in [0.1, 0.15) is 11.4 Å². The summed E-state index contributed by atoms with van der Waals surface area (Å²) in [5, 5.41) is 6.71. The summed E-state index contributed by atoms with van der Waals surface area (Å²) >= 11 is 0. The molecule has 0 amide bonds. The van der Waals surface area contributed by atoms with Crippen molar-refractivity contribution in [2.24, 2.45) is 0 Å². The van der Waals surface area contributed by atoms with Gasteiger partial charge in [-0.05, 0) is 19.9 Å². The van der Waals surface area contributed by atoms with E-state index >= 15 is 0 Å². The third-order valence-electron chi connectivity index (χ3n) is 3.73. The standard InChI is InChI=1S/C13H18N6O2S/c1-10-12(11(2)17-16-10)22(20,21)19-8-6-18(7-9-19)13-14-4-3-5-15-13/h3-5H,6-9H2,1-2H3,(H,16,17). The van der Waals surface area contributed by atoms with Crippen molar-refractivity contribution in [3.05, 3.63) is 29.8 Å². The smallest absolute Gasteiger partial charge is 0.246 e.